The number of hydrogen-bond acceptors (Lipinski definition) is 2. The van der Waals surface area contributed by atoms with Crippen LogP contribution in [0.25, 0.3) is 0 Å². The molecule has 0 aromatic heterocycles. The van der Waals surface area contributed by atoms with Gasteiger partial charge in [-0.05, 0) is 39.2 Å². The molecule has 1 fully saturated rings. The molecule has 0 radical (unpaired) electrons. The fourth-order valence-electron chi connectivity index (χ4n) is 3.04. The number of carbonyl (C=O) groups is 1. The number of nitrogens with two attached hydrogens (primary N) is 1. The smallest absolute Gasteiger partial charge is 0.225 e. The van der Waals surface area contributed by atoms with E-state index >= 15 is 0 Å². The molecule has 0 heterocycles. The second kappa shape index (κ2) is 7.28. The quantitative estimate of drug-likeness (QED) is 0.897. The number of carbonyl (C=O) groups excluding carboxylic acids is 1. The van der Waals surface area contributed by atoms with Crippen LogP contribution in [0, 0.1) is 12.8 Å². The van der Waals surface area contributed by atoms with Gasteiger partial charge in [-0.2, -0.15) is 0 Å². The molecule has 0 spiro atoms. The van der Waals surface area contributed by atoms with Gasteiger partial charge >= 0.3 is 0 Å². The van der Waals surface area contributed by atoms with Crippen LogP contribution in [0.5, 0.6) is 0 Å². The first-order chi connectivity index (χ1) is 9.40. The molecule has 3 N–H and O–H groups in total. The van der Waals surface area contributed by atoms with Crippen molar-refractivity contribution in [3.8, 4) is 0 Å². The summed E-state index contributed by atoms with van der Waals surface area (Å²) in [5, 5.41) is 3.12. The Morgan fingerprint density at radius 1 is 1.33 bits per heavy atom. The van der Waals surface area contributed by atoms with Crippen molar-refractivity contribution in [3.05, 3.63) is 35.4 Å². The van der Waals surface area contributed by atoms with Gasteiger partial charge in [-0.3, -0.25) is 4.79 Å². The summed E-state index contributed by atoms with van der Waals surface area (Å²) in [6.07, 6.45) is 4.07. The minimum absolute atomic E-state index is 0. The summed E-state index contributed by atoms with van der Waals surface area (Å²) in [7, 11) is 0. The highest BCUT2D eigenvalue weighted by Gasteiger charge is 2.38. The molecule has 1 aromatic rings. The fourth-order valence-corrected chi connectivity index (χ4v) is 3.04. The molecular weight excluding hydrogens is 284 g/mol. The predicted octanol–water partition coefficient (Wildman–Crippen LogP) is 3.50. The highest BCUT2D eigenvalue weighted by molar-refractivity contribution is 5.85. The molecule has 21 heavy (non-hydrogen) atoms. The van der Waals surface area contributed by atoms with Crippen molar-refractivity contribution >= 4 is 18.3 Å². The van der Waals surface area contributed by atoms with Crippen molar-refractivity contribution < 1.29 is 4.79 Å². The van der Waals surface area contributed by atoms with E-state index in [1.807, 2.05) is 13.8 Å². The van der Waals surface area contributed by atoms with E-state index in [1.54, 1.807) is 0 Å². The second-order valence-corrected chi connectivity index (χ2v) is 6.45. The van der Waals surface area contributed by atoms with Gasteiger partial charge in [0.25, 0.3) is 0 Å². The number of rotatable bonds is 3. The predicted molar refractivity (Wildman–Crippen MR) is 89.5 cm³/mol. The van der Waals surface area contributed by atoms with E-state index in [4.69, 9.17) is 5.73 Å². The van der Waals surface area contributed by atoms with Crippen molar-refractivity contribution in [2.24, 2.45) is 11.7 Å². The summed E-state index contributed by atoms with van der Waals surface area (Å²) >= 11 is 0. The molecule has 4 heteroatoms. The lowest BCUT2D eigenvalue weighted by molar-refractivity contribution is -0.128. The molecule has 0 bridgehead atoms. The standard InChI is InChI=1S/C17H26N2O.ClH/c1-12-7-9-14(10-8-12)13(2)19-16(20)15-6-4-5-11-17(15,3)18;/h7-10,13,15H,4-6,11,18H2,1-3H3,(H,19,20);1H. The van der Waals surface area contributed by atoms with Crippen molar-refractivity contribution in [1.29, 1.82) is 0 Å². The average Bonchev–Trinajstić information content (AvgIpc) is 2.38. The molecule has 0 saturated heterocycles. The molecule has 1 aromatic carbocycles. The molecule has 1 aliphatic rings. The van der Waals surface area contributed by atoms with E-state index in [2.05, 4.69) is 36.5 Å². The van der Waals surface area contributed by atoms with E-state index in [9.17, 15) is 4.79 Å². The Labute approximate surface area is 134 Å². The Kier molecular flexibility index (Phi) is 6.24. The van der Waals surface area contributed by atoms with Crippen LogP contribution in [0.15, 0.2) is 24.3 Å². The average molecular weight is 311 g/mol. The lowest BCUT2D eigenvalue weighted by atomic mass is 9.74. The zero-order valence-electron chi connectivity index (χ0n) is 13.2. The Morgan fingerprint density at radius 3 is 2.52 bits per heavy atom. The van der Waals surface area contributed by atoms with Crippen LogP contribution in [0.4, 0.5) is 0 Å². The number of nitrogens with one attached hydrogen (secondary N) is 1. The highest BCUT2D eigenvalue weighted by Crippen LogP contribution is 2.32. The van der Waals surface area contributed by atoms with E-state index in [0.29, 0.717) is 0 Å². The minimum atomic E-state index is -0.366. The topological polar surface area (TPSA) is 55.1 Å². The first-order valence-electron chi connectivity index (χ1n) is 7.56. The number of aryl methyl sites for hydroxylation is 1. The Hall–Kier alpha value is -1.06. The Balaban J connectivity index is 0.00000220. The van der Waals surface area contributed by atoms with Crippen molar-refractivity contribution in [2.45, 2.75) is 58.0 Å². The molecule has 1 saturated carbocycles. The molecule has 0 aliphatic heterocycles. The SMILES string of the molecule is Cc1ccc(C(C)NC(=O)C2CCCCC2(C)N)cc1.Cl. The summed E-state index contributed by atoms with van der Waals surface area (Å²) in [5.41, 5.74) is 8.30. The first-order valence-corrected chi connectivity index (χ1v) is 7.56. The van der Waals surface area contributed by atoms with Gasteiger partial charge in [-0.15, -0.1) is 12.4 Å². The molecular formula is C17H27ClN2O. The minimum Gasteiger partial charge on any atom is -0.349 e. The summed E-state index contributed by atoms with van der Waals surface area (Å²) in [6.45, 7) is 6.10. The van der Waals surface area contributed by atoms with Crippen molar-refractivity contribution in [2.75, 3.05) is 0 Å². The molecule has 1 aliphatic carbocycles. The number of benzene rings is 1. The van der Waals surface area contributed by atoms with Gasteiger partial charge in [-0.1, -0.05) is 42.7 Å². The van der Waals surface area contributed by atoms with Crippen LogP contribution in [-0.4, -0.2) is 11.4 Å². The normalized spacial score (nSPS) is 26.6. The molecule has 3 nitrogen and oxygen atoms in total. The zero-order valence-corrected chi connectivity index (χ0v) is 14.0. The van der Waals surface area contributed by atoms with Gasteiger partial charge in [0.1, 0.15) is 0 Å². The maximum atomic E-state index is 12.5. The van der Waals surface area contributed by atoms with E-state index in [1.165, 1.54) is 5.56 Å². The maximum absolute atomic E-state index is 12.5. The van der Waals surface area contributed by atoms with Crippen molar-refractivity contribution in [1.82, 2.24) is 5.32 Å². The van der Waals surface area contributed by atoms with Gasteiger partial charge in [-0.25, -0.2) is 0 Å². The third-order valence-electron chi connectivity index (χ3n) is 4.51. The molecule has 2 rings (SSSR count). The number of amides is 1. The van der Waals surface area contributed by atoms with Gasteiger partial charge in [0.15, 0.2) is 0 Å². The summed E-state index contributed by atoms with van der Waals surface area (Å²) < 4.78 is 0. The van der Waals surface area contributed by atoms with E-state index in [-0.39, 0.29) is 35.8 Å². The van der Waals surface area contributed by atoms with Gasteiger partial charge < -0.3 is 11.1 Å². The largest absolute Gasteiger partial charge is 0.349 e. The van der Waals surface area contributed by atoms with Gasteiger partial charge in [0.05, 0.1) is 12.0 Å². The highest BCUT2D eigenvalue weighted by atomic mass is 35.5. The van der Waals surface area contributed by atoms with Crippen LogP contribution in [0.2, 0.25) is 0 Å². The van der Waals surface area contributed by atoms with Crippen LogP contribution in [0.1, 0.15) is 56.7 Å². The van der Waals surface area contributed by atoms with E-state index < -0.39 is 0 Å². The number of halogens is 1. The summed E-state index contributed by atoms with van der Waals surface area (Å²) in [6, 6.07) is 8.32. The Bertz CT molecular complexity index is 470. The van der Waals surface area contributed by atoms with Crippen LogP contribution in [0.3, 0.4) is 0 Å². The number of hydrogen-bond donors (Lipinski definition) is 2. The maximum Gasteiger partial charge on any atom is 0.225 e. The van der Waals surface area contributed by atoms with E-state index in [0.717, 1.165) is 31.2 Å². The molecule has 118 valence electrons. The van der Waals surface area contributed by atoms with Gasteiger partial charge in [0, 0.05) is 5.54 Å². The Morgan fingerprint density at radius 2 is 1.95 bits per heavy atom. The fraction of sp³-hybridized carbons (Fsp3) is 0.588. The third-order valence-corrected chi connectivity index (χ3v) is 4.51. The lowest BCUT2D eigenvalue weighted by Crippen LogP contribution is -2.53. The third kappa shape index (κ3) is 4.45. The summed E-state index contributed by atoms with van der Waals surface area (Å²) in [4.78, 5) is 12.5. The molecule has 3 unspecified atom stereocenters. The van der Waals surface area contributed by atoms with Crippen LogP contribution < -0.4 is 11.1 Å². The summed E-state index contributed by atoms with van der Waals surface area (Å²) in [5.74, 6) is 0.0342. The van der Waals surface area contributed by atoms with Crippen molar-refractivity contribution in [3.63, 3.8) is 0 Å². The van der Waals surface area contributed by atoms with Crippen LogP contribution >= 0.6 is 12.4 Å². The molecule has 1 amide bonds. The van der Waals surface area contributed by atoms with Crippen LogP contribution in [-0.2, 0) is 4.79 Å². The monoisotopic (exact) mass is 310 g/mol. The second-order valence-electron chi connectivity index (χ2n) is 6.45. The van der Waals surface area contributed by atoms with Gasteiger partial charge in [0.2, 0.25) is 5.91 Å². The zero-order chi connectivity index (χ0) is 14.8. The molecule has 3 atom stereocenters. The lowest BCUT2D eigenvalue weighted by Gasteiger charge is -2.37. The first kappa shape index (κ1) is 18.0.